The Labute approximate surface area is 331 Å². The van der Waals surface area contributed by atoms with Gasteiger partial charge in [-0.15, -0.1) is 0 Å². The van der Waals surface area contributed by atoms with Crippen LogP contribution in [0.3, 0.4) is 0 Å². The quantitative estimate of drug-likeness (QED) is 0.138. The molecule has 0 aliphatic heterocycles. The summed E-state index contributed by atoms with van der Waals surface area (Å²) in [6, 6.07) is 62.0. The van der Waals surface area contributed by atoms with Gasteiger partial charge >= 0.3 is 0 Å². The van der Waals surface area contributed by atoms with Crippen molar-refractivity contribution < 1.29 is 4.74 Å². The Morgan fingerprint density at radius 3 is 1.62 bits per heavy atom. The van der Waals surface area contributed by atoms with Gasteiger partial charge in [-0.2, -0.15) is 0 Å². The molecule has 2 nitrogen and oxygen atoms in total. The molecule has 0 spiro atoms. The van der Waals surface area contributed by atoms with Crippen LogP contribution >= 0.6 is 0 Å². The summed E-state index contributed by atoms with van der Waals surface area (Å²) in [7, 11) is 1.70. The molecule has 2 aliphatic rings. The number of ether oxygens (including phenoxy) is 1. The van der Waals surface area contributed by atoms with E-state index in [9.17, 15) is 0 Å². The smallest absolute Gasteiger partial charge is 0.118 e. The molecule has 0 saturated carbocycles. The lowest BCUT2D eigenvalue weighted by Crippen LogP contribution is -2.29. The minimum Gasteiger partial charge on any atom is -0.497 e. The first-order valence-electron chi connectivity index (χ1n) is 19.4. The van der Waals surface area contributed by atoms with Crippen molar-refractivity contribution in [1.82, 2.24) is 0 Å². The van der Waals surface area contributed by atoms with Gasteiger partial charge in [-0.1, -0.05) is 160 Å². The summed E-state index contributed by atoms with van der Waals surface area (Å²) in [5, 5.41) is 0. The zero-order chi connectivity index (χ0) is 38.4. The number of methoxy groups -OCH3 is 1. The number of fused-ring (bicyclic) bond motifs is 6. The number of anilines is 2. The molecular formula is C54H45NO. The number of rotatable bonds is 9. The maximum atomic E-state index is 5.43. The van der Waals surface area contributed by atoms with Crippen LogP contribution in [0.4, 0.5) is 11.4 Å². The SMILES string of the molecule is C=C/C(=C\C=C(/C)c1ccc(OC)cc1)N(c1ccc2c(c1)C(C)(C)c1ccccc1-2)c1ccc2c(c1)C(c1ccccc1)(c1ccccc1)c1ccccc1-2. The molecule has 0 amide bonds. The Bertz CT molecular complexity index is 2620. The average molecular weight is 724 g/mol. The fourth-order valence-electron chi connectivity index (χ4n) is 9.24. The normalized spacial score (nSPS) is 14.6. The fraction of sp³-hybridized carbons (Fsp3) is 0.111. The summed E-state index contributed by atoms with van der Waals surface area (Å²) in [6.07, 6.45) is 6.37. The van der Waals surface area contributed by atoms with Gasteiger partial charge in [0.1, 0.15) is 5.75 Å². The first-order valence-corrected chi connectivity index (χ1v) is 19.4. The van der Waals surface area contributed by atoms with E-state index in [2.05, 4.69) is 202 Å². The molecule has 7 aromatic rings. The van der Waals surface area contributed by atoms with Crippen LogP contribution in [0.25, 0.3) is 27.8 Å². The molecule has 0 unspecified atom stereocenters. The topological polar surface area (TPSA) is 12.5 Å². The van der Waals surface area contributed by atoms with Crippen molar-refractivity contribution in [2.24, 2.45) is 0 Å². The van der Waals surface area contributed by atoms with Crippen molar-refractivity contribution in [1.29, 1.82) is 0 Å². The van der Waals surface area contributed by atoms with E-state index in [1.165, 1.54) is 55.6 Å². The van der Waals surface area contributed by atoms with Crippen LogP contribution in [-0.2, 0) is 10.8 Å². The van der Waals surface area contributed by atoms with Crippen molar-refractivity contribution in [3.8, 4) is 28.0 Å². The zero-order valence-electron chi connectivity index (χ0n) is 32.5. The van der Waals surface area contributed by atoms with Crippen molar-refractivity contribution in [3.05, 3.63) is 239 Å². The number of hydrogen-bond donors (Lipinski definition) is 0. The van der Waals surface area contributed by atoms with E-state index in [0.29, 0.717) is 0 Å². The molecule has 272 valence electrons. The van der Waals surface area contributed by atoms with Gasteiger partial charge in [0.05, 0.1) is 12.5 Å². The van der Waals surface area contributed by atoms with E-state index >= 15 is 0 Å². The Hall–Kier alpha value is -6.64. The Morgan fingerprint density at radius 1 is 0.536 bits per heavy atom. The molecule has 0 radical (unpaired) electrons. The van der Waals surface area contributed by atoms with Crippen molar-refractivity contribution in [2.45, 2.75) is 31.6 Å². The lowest BCUT2D eigenvalue weighted by Gasteiger charge is -2.35. The standard InChI is InChI=1S/C54H45NO/c1-6-41(28-25-37(2)38-26-31-44(56-5)32-27-38)55(42-29-33-47-45-21-13-15-23-49(45)53(3,4)51(47)35-42)43-30-34-48-46-22-14-16-24-50(46)54(52(48)36-43,39-17-9-7-10-18-39)40-19-11-8-12-20-40/h6-36H,1H2,2-5H3/b37-25+,41-28+. The highest BCUT2D eigenvalue weighted by Gasteiger charge is 2.46. The Balaban J connectivity index is 1.28. The summed E-state index contributed by atoms with van der Waals surface area (Å²) in [5.41, 5.74) is 17.6. The zero-order valence-corrected chi connectivity index (χ0v) is 32.5. The molecule has 0 bridgehead atoms. The molecule has 2 aliphatic carbocycles. The minimum atomic E-state index is -0.513. The molecular weight excluding hydrogens is 679 g/mol. The van der Waals surface area contributed by atoms with Gasteiger partial charge in [0.15, 0.2) is 0 Å². The van der Waals surface area contributed by atoms with Crippen LogP contribution in [0.5, 0.6) is 5.75 Å². The average Bonchev–Trinajstić information content (AvgIpc) is 3.68. The highest BCUT2D eigenvalue weighted by atomic mass is 16.5. The summed E-state index contributed by atoms with van der Waals surface area (Å²) in [5.74, 6) is 0.845. The first-order chi connectivity index (χ1) is 27.4. The molecule has 0 N–H and O–H groups in total. The second-order valence-corrected chi connectivity index (χ2v) is 15.4. The van der Waals surface area contributed by atoms with Gasteiger partial charge in [0.2, 0.25) is 0 Å². The van der Waals surface area contributed by atoms with Crippen LogP contribution in [0.15, 0.2) is 200 Å². The van der Waals surface area contributed by atoms with Crippen LogP contribution in [-0.4, -0.2) is 7.11 Å². The monoisotopic (exact) mass is 723 g/mol. The number of allylic oxidation sites excluding steroid dienone is 4. The number of benzene rings is 7. The van der Waals surface area contributed by atoms with Gasteiger partial charge in [-0.3, -0.25) is 0 Å². The molecule has 0 heterocycles. The molecule has 0 saturated heterocycles. The van der Waals surface area contributed by atoms with Crippen LogP contribution in [0.1, 0.15) is 59.7 Å². The highest BCUT2D eigenvalue weighted by molar-refractivity contribution is 5.90. The van der Waals surface area contributed by atoms with Gasteiger partial charge < -0.3 is 9.64 Å². The summed E-state index contributed by atoms with van der Waals surface area (Å²) >= 11 is 0. The van der Waals surface area contributed by atoms with Gasteiger partial charge in [-0.05, 0) is 122 Å². The van der Waals surface area contributed by atoms with Crippen molar-refractivity contribution in [2.75, 3.05) is 12.0 Å². The molecule has 0 aromatic heterocycles. The Kier molecular flexibility index (Phi) is 8.70. The molecule has 0 atom stereocenters. The van der Waals surface area contributed by atoms with E-state index in [1.807, 2.05) is 18.2 Å². The van der Waals surface area contributed by atoms with Crippen LogP contribution in [0, 0.1) is 0 Å². The predicted molar refractivity (Wildman–Crippen MR) is 235 cm³/mol. The third kappa shape index (κ3) is 5.47. The van der Waals surface area contributed by atoms with Crippen LogP contribution in [0.2, 0.25) is 0 Å². The molecule has 0 fully saturated rings. The third-order valence-electron chi connectivity index (χ3n) is 12.0. The molecule has 56 heavy (non-hydrogen) atoms. The maximum Gasteiger partial charge on any atom is 0.118 e. The van der Waals surface area contributed by atoms with Crippen molar-refractivity contribution in [3.63, 3.8) is 0 Å². The molecule has 9 rings (SSSR count). The number of hydrogen-bond acceptors (Lipinski definition) is 2. The summed E-state index contributed by atoms with van der Waals surface area (Å²) in [4.78, 5) is 2.38. The van der Waals surface area contributed by atoms with E-state index in [-0.39, 0.29) is 5.41 Å². The van der Waals surface area contributed by atoms with Gasteiger partial charge in [-0.25, -0.2) is 0 Å². The summed E-state index contributed by atoms with van der Waals surface area (Å²) in [6.45, 7) is 11.3. The first kappa shape index (κ1) is 35.1. The highest BCUT2D eigenvalue weighted by Crippen LogP contribution is 2.57. The fourth-order valence-corrected chi connectivity index (χ4v) is 9.24. The maximum absolute atomic E-state index is 5.43. The summed E-state index contributed by atoms with van der Waals surface area (Å²) < 4.78 is 5.43. The second kappa shape index (κ2) is 13.9. The molecule has 2 heteroatoms. The lowest BCUT2D eigenvalue weighted by atomic mass is 9.67. The van der Waals surface area contributed by atoms with Gasteiger partial charge in [0, 0.05) is 22.5 Å². The largest absolute Gasteiger partial charge is 0.497 e. The minimum absolute atomic E-state index is 0.147. The third-order valence-corrected chi connectivity index (χ3v) is 12.0. The van der Waals surface area contributed by atoms with E-state index in [4.69, 9.17) is 4.74 Å². The van der Waals surface area contributed by atoms with E-state index < -0.39 is 5.41 Å². The van der Waals surface area contributed by atoms with Crippen LogP contribution < -0.4 is 9.64 Å². The van der Waals surface area contributed by atoms with E-state index in [1.54, 1.807) is 7.11 Å². The Morgan fingerprint density at radius 2 is 1.04 bits per heavy atom. The second-order valence-electron chi connectivity index (χ2n) is 15.4. The van der Waals surface area contributed by atoms with E-state index in [0.717, 1.165) is 34.0 Å². The van der Waals surface area contributed by atoms with Gasteiger partial charge in [0.25, 0.3) is 0 Å². The number of nitrogens with zero attached hydrogens (tertiary/aromatic N) is 1. The molecule has 7 aromatic carbocycles. The van der Waals surface area contributed by atoms with Crippen molar-refractivity contribution >= 4 is 16.9 Å². The lowest BCUT2D eigenvalue weighted by molar-refractivity contribution is 0.415. The predicted octanol–water partition coefficient (Wildman–Crippen LogP) is 13.7.